The van der Waals surface area contributed by atoms with Gasteiger partial charge in [-0.15, -0.1) is 43.2 Å². The average Bonchev–Trinajstić information content (AvgIpc) is 2.15. The molecule has 124 valence electrons. The van der Waals surface area contributed by atoms with Gasteiger partial charge in [-0.25, -0.2) is 0 Å². The molecule has 0 unspecified atom stereocenters. The zero-order chi connectivity index (χ0) is 14.6. The molecule has 0 radical (unpaired) electrons. The van der Waals surface area contributed by atoms with Gasteiger partial charge in [-0.2, -0.15) is 0 Å². The van der Waals surface area contributed by atoms with Crippen LogP contribution >= 0.6 is 17.0 Å². The minimum atomic E-state index is 0. The van der Waals surface area contributed by atoms with E-state index in [-0.39, 0.29) is 57.8 Å². The molecular formula is C16H37BrN2Nd-2. The maximum Gasteiger partial charge on any atom is 0 e. The summed E-state index contributed by atoms with van der Waals surface area (Å²) < 4.78 is 0. The molecule has 0 amide bonds. The molecule has 0 aromatic heterocycles. The molecule has 0 saturated heterocycles. The molecule has 0 spiro atoms. The fraction of sp³-hybridized carbons (Fsp3) is 1.00. The number of halogens is 1. The topological polar surface area (TPSA) is 28.2 Å². The predicted molar refractivity (Wildman–Crippen MR) is 95.9 cm³/mol. The molecule has 4 heteroatoms. The van der Waals surface area contributed by atoms with Crippen LogP contribution in [0.3, 0.4) is 0 Å². The second-order valence-electron chi connectivity index (χ2n) is 6.75. The van der Waals surface area contributed by atoms with Gasteiger partial charge in [0.2, 0.25) is 0 Å². The number of rotatable bonds is 8. The summed E-state index contributed by atoms with van der Waals surface area (Å²) in [5.41, 5.74) is 0. The van der Waals surface area contributed by atoms with Crippen LogP contribution in [0.5, 0.6) is 0 Å². The predicted octanol–water partition coefficient (Wildman–Crippen LogP) is 5.92. The Bertz CT molecular complexity index is 129. The second kappa shape index (κ2) is 20.8. The molecule has 0 aliphatic heterocycles. The number of nitrogens with zero attached hydrogens (tertiary/aromatic N) is 2. The molecular weight excluding hydrogens is 444 g/mol. The van der Waals surface area contributed by atoms with Crippen molar-refractivity contribution in [2.45, 2.75) is 55.4 Å². The third-order valence-corrected chi connectivity index (χ3v) is 1.98. The summed E-state index contributed by atoms with van der Waals surface area (Å²) >= 11 is 0. The summed E-state index contributed by atoms with van der Waals surface area (Å²) in [4.78, 5) is 0. The zero-order valence-corrected chi connectivity index (χ0v) is 19.9. The molecule has 0 N–H and O–H groups in total. The monoisotopic (exact) mass is 478 g/mol. The van der Waals surface area contributed by atoms with Gasteiger partial charge in [0.15, 0.2) is 0 Å². The zero-order valence-electron chi connectivity index (χ0n) is 14.9. The van der Waals surface area contributed by atoms with Crippen LogP contribution in [0.1, 0.15) is 55.4 Å². The van der Waals surface area contributed by atoms with Crippen LogP contribution in [0.25, 0.3) is 10.6 Å². The van der Waals surface area contributed by atoms with E-state index in [0.717, 1.165) is 49.9 Å². The minimum Gasteiger partial charge on any atom is -0.662 e. The van der Waals surface area contributed by atoms with Crippen LogP contribution < -0.4 is 0 Å². The Morgan fingerprint density at radius 1 is 0.500 bits per heavy atom. The third-order valence-electron chi connectivity index (χ3n) is 1.98. The van der Waals surface area contributed by atoms with E-state index in [4.69, 9.17) is 0 Å². The van der Waals surface area contributed by atoms with Gasteiger partial charge in [-0.05, 0) is 0 Å². The summed E-state index contributed by atoms with van der Waals surface area (Å²) in [6, 6.07) is 0. The van der Waals surface area contributed by atoms with E-state index >= 15 is 0 Å². The van der Waals surface area contributed by atoms with E-state index < -0.39 is 0 Å². The van der Waals surface area contributed by atoms with Gasteiger partial charge < -0.3 is 10.6 Å². The fourth-order valence-corrected chi connectivity index (χ4v) is 1.18. The molecule has 0 bridgehead atoms. The van der Waals surface area contributed by atoms with E-state index in [1.54, 1.807) is 0 Å². The Labute approximate surface area is 172 Å². The maximum atomic E-state index is 4.37. The van der Waals surface area contributed by atoms with Crippen molar-refractivity contribution in [3.63, 3.8) is 0 Å². The summed E-state index contributed by atoms with van der Waals surface area (Å²) in [6.07, 6.45) is 0. The third kappa shape index (κ3) is 36.7. The van der Waals surface area contributed by atoms with Gasteiger partial charge in [0.05, 0.1) is 0 Å². The van der Waals surface area contributed by atoms with Crippen LogP contribution in [0.15, 0.2) is 0 Å². The van der Waals surface area contributed by atoms with Gasteiger partial charge in [-0.1, -0.05) is 79.1 Å². The normalized spacial score (nSPS) is 10.2. The Balaban J connectivity index is -0.000000116. The van der Waals surface area contributed by atoms with E-state index in [9.17, 15) is 0 Å². The first-order valence-corrected chi connectivity index (χ1v) is 7.52. The Morgan fingerprint density at radius 3 is 0.750 bits per heavy atom. The summed E-state index contributed by atoms with van der Waals surface area (Å²) in [6.45, 7) is 21.7. The second-order valence-corrected chi connectivity index (χ2v) is 6.75. The smallest absolute Gasteiger partial charge is 0 e. The van der Waals surface area contributed by atoms with Crippen molar-refractivity contribution in [3.8, 4) is 0 Å². The molecule has 0 fully saturated rings. The standard InChI is InChI=1S/2C8H18N.BrH.Nd/c2*1-7(2)5-9-6-8(3)4;;/h2*7-8H,5-6H2,1-4H3;1H;/q2*-1;;. The van der Waals surface area contributed by atoms with Crippen molar-refractivity contribution < 1.29 is 40.8 Å². The van der Waals surface area contributed by atoms with E-state index in [0.29, 0.717) is 0 Å². The Morgan fingerprint density at radius 2 is 0.650 bits per heavy atom. The largest absolute Gasteiger partial charge is 0.662 e. The van der Waals surface area contributed by atoms with Gasteiger partial charge in [0, 0.05) is 40.8 Å². The first-order valence-electron chi connectivity index (χ1n) is 7.52. The van der Waals surface area contributed by atoms with E-state index in [2.05, 4.69) is 66.0 Å². The van der Waals surface area contributed by atoms with Gasteiger partial charge >= 0.3 is 0 Å². The minimum absolute atomic E-state index is 0. The van der Waals surface area contributed by atoms with Crippen molar-refractivity contribution >= 4 is 17.0 Å². The number of hydrogen-bond donors (Lipinski definition) is 0. The van der Waals surface area contributed by atoms with Crippen LogP contribution in [0, 0.1) is 64.5 Å². The van der Waals surface area contributed by atoms with Crippen molar-refractivity contribution in [1.82, 2.24) is 0 Å². The number of hydrogen-bond acceptors (Lipinski definition) is 0. The molecule has 0 heterocycles. The molecule has 2 nitrogen and oxygen atoms in total. The molecule has 0 atom stereocenters. The fourth-order valence-electron chi connectivity index (χ4n) is 1.18. The SMILES string of the molecule is Br.CC(C)C[N-]CC(C)C.CC(C)C[N-]CC(C)C.[Nd]. The molecule has 0 aromatic rings. The van der Waals surface area contributed by atoms with E-state index in [1.165, 1.54) is 0 Å². The summed E-state index contributed by atoms with van der Waals surface area (Å²) in [5, 5.41) is 8.74. The molecule has 0 aliphatic carbocycles. The van der Waals surface area contributed by atoms with Crippen LogP contribution in [-0.2, 0) is 0 Å². The van der Waals surface area contributed by atoms with Crippen molar-refractivity contribution in [1.29, 1.82) is 0 Å². The molecule has 0 aliphatic rings. The van der Waals surface area contributed by atoms with Crippen LogP contribution in [0.4, 0.5) is 0 Å². The first-order chi connectivity index (χ1) is 8.25. The quantitative estimate of drug-likeness (QED) is 0.412. The summed E-state index contributed by atoms with van der Waals surface area (Å²) in [7, 11) is 0. The molecule has 0 rings (SSSR count). The average molecular weight is 482 g/mol. The van der Waals surface area contributed by atoms with Crippen molar-refractivity contribution in [3.05, 3.63) is 10.6 Å². The van der Waals surface area contributed by atoms with Gasteiger partial charge in [0.25, 0.3) is 0 Å². The maximum absolute atomic E-state index is 4.37. The van der Waals surface area contributed by atoms with Gasteiger partial charge in [0.1, 0.15) is 0 Å². The van der Waals surface area contributed by atoms with E-state index in [1.807, 2.05) is 0 Å². The summed E-state index contributed by atoms with van der Waals surface area (Å²) in [5.74, 6) is 2.90. The molecule has 0 aromatic carbocycles. The van der Waals surface area contributed by atoms with Crippen LogP contribution in [-0.4, -0.2) is 26.2 Å². The molecule has 20 heavy (non-hydrogen) atoms. The molecule has 0 saturated carbocycles. The Kier molecular flexibility index (Phi) is 30.8. The van der Waals surface area contributed by atoms with Crippen molar-refractivity contribution in [2.75, 3.05) is 26.2 Å². The van der Waals surface area contributed by atoms with Crippen LogP contribution in [0.2, 0.25) is 0 Å². The van der Waals surface area contributed by atoms with Crippen molar-refractivity contribution in [2.24, 2.45) is 23.7 Å². The first kappa shape index (κ1) is 29.7. The van der Waals surface area contributed by atoms with Gasteiger partial charge in [-0.3, -0.25) is 0 Å². The Hall–Kier alpha value is 1.75.